The van der Waals surface area contributed by atoms with Gasteiger partial charge in [-0.3, -0.25) is 0 Å². The van der Waals surface area contributed by atoms with Gasteiger partial charge in [0.1, 0.15) is 5.75 Å². The van der Waals surface area contributed by atoms with Crippen molar-refractivity contribution in [2.75, 3.05) is 0 Å². The van der Waals surface area contributed by atoms with Gasteiger partial charge in [0.2, 0.25) is 0 Å². The predicted molar refractivity (Wildman–Crippen MR) is 50.9 cm³/mol. The van der Waals surface area contributed by atoms with Crippen molar-refractivity contribution >= 4 is 33.6 Å². The van der Waals surface area contributed by atoms with Crippen molar-refractivity contribution in [3.63, 3.8) is 0 Å². The third kappa shape index (κ3) is 1.76. The van der Waals surface area contributed by atoms with E-state index in [-0.39, 0.29) is 5.75 Å². The smallest absolute Gasteiger partial charge is 0.137 e. The van der Waals surface area contributed by atoms with Crippen LogP contribution in [0.5, 0.6) is 5.75 Å². The highest BCUT2D eigenvalue weighted by Gasteiger charge is 2.03. The van der Waals surface area contributed by atoms with E-state index in [0.717, 1.165) is 0 Å². The minimum absolute atomic E-state index is 0.171. The number of hydrogen-bond acceptors (Lipinski definition) is 1. The molecule has 1 aromatic carbocycles. The first-order valence-electron chi connectivity index (χ1n) is 2.95. The van der Waals surface area contributed by atoms with Crippen LogP contribution in [-0.2, 0) is 0 Å². The molecule has 0 spiro atoms. The fourth-order valence-electron chi connectivity index (χ4n) is 0.741. The highest BCUT2D eigenvalue weighted by Crippen LogP contribution is 2.31. The first-order chi connectivity index (χ1) is 5.15. The number of benzene rings is 1. The summed E-state index contributed by atoms with van der Waals surface area (Å²) in [4.78, 5) is 0. The van der Waals surface area contributed by atoms with E-state index in [9.17, 15) is 5.11 Å². The Morgan fingerprint density at radius 3 is 2.73 bits per heavy atom. The molecular formula is C8H6BrClO. The van der Waals surface area contributed by atoms with Crippen molar-refractivity contribution in [1.29, 1.82) is 0 Å². The van der Waals surface area contributed by atoms with Gasteiger partial charge in [0, 0.05) is 10.6 Å². The molecule has 1 rings (SSSR count). The van der Waals surface area contributed by atoms with Gasteiger partial charge in [-0.05, 0) is 28.1 Å². The van der Waals surface area contributed by atoms with Gasteiger partial charge >= 0.3 is 0 Å². The molecule has 0 fully saturated rings. The first kappa shape index (κ1) is 8.62. The van der Waals surface area contributed by atoms with Crippen LogP contribution in [0.15, 0.2) is 23.2 Å². The number of phenolic OH excluding ortho intramolecular Hbond substituents is 1. The van der Waals surface area contributed by atoms with E-state index < -0.39 is 0 Å². The molecule has 0 bridgehead atoms. The van der Waals surface area contributed by atoms with Crippen molar-refractivity contribution in [2.45, 2.75) is 0 Å². The summed E-state index contributed by atoms with van der Waals surface area (Å²) >= 11 is 8.87. The van der Waals surface area contributed by atoms with E-state index in [0.29, 0.717) is 15.1 Å². The maximum Gasteiger partial charge on any atom is 0.137 e. The maximum absolute atomic E-state index is 9.35. The Morgan fingerprint density at radius 2 is 2.18 bits per heavy atom. The molecule has 1 nitrogen and oxygen atoms in total. The minimum Gasteiger partial charge on any atom is -0.506 e. The summed E-state index contributed by atoms with van der Waals surface area (Å²) in [6.45, 7) is 3.53. The molecule has 0 aliphatic heterocycles. The number of aromatic hydroxyl groups is 1. The molecule has 58 valence electrons. The molecule has 0 heterocycles. The van der Waals surface area contributed by atoms with Crippen molar-refractivity contribution in [1.82, 2.24) is 0 Å². The van der Waals surface area contributed by atoms with Gasteiger partial charge in [0.15, 0.2) is 0 Å². The van der Waals surface area contributed by atoms with Crippen LogP contribution < -0.4 is 0 Å². The molecule has 0 saturated carbocycles. The van der Waals surface area contributed by atoms with Gasteiger partial charge in [-0.25, -0.2) is 0 Å². The van der Waals surface area contributed by atoms with E-state index in [4.69, 9.17) is 11.6 Å². The first-order valence-corrected chi connectivity index (χ1v) is 4.12. The van der Waals surface area contributed by atoms with E-state index in [1.165, 1.54) is 0 Å². The van der Waals surface area contributed by atoms with Gasteiger partial charge in [0.05, 0.1) is 4.47 Å². The van der Waals surface area contributed by atoms with Crippen LogP contribution in [-0.4, -0.2) is 5.11 Å². The van der Waals surface area contributed by atoms with Gasteiger partial charge in [-0.2, -0.15) is 0 Å². The highest BCUT2D eigenvalue weighted by molar-refractivity contribution is 9.10. The normalized spacial score (nSPS) is 9.64. The Balaban J connectivity index is 3.35. The molecule has 1 aromatic rings. The van der Waals surface area contributed by atoms with Crippen LogP contribution in [0.4, 0.5) is 0 Å². The zero-order valence-corrected chi connectivity index (χ0v) is 7.98. The number of halogens is 2. The fourth-order valence-corrected chi connectivity index (χ4v) is 1.58. The average Bonchev–Trinajstić information content (AvgIpc) is 1.96. The summed E-state index contributed by atoms with van der Waals surface area (Å²) in [7, 11) is 0. The lowest BCUT2D eigenvalue weighted by molar-refractivity contribution is 0.470. The minimum atomic E-state index is 0.171. The third-order valence-electron chi connectivity index (χ3n) is 1.28. The van der Waals surface area contributed by atoms with Gasteiger partial charge < -0.3 is 5.11 Å². The van der Waals surface area contributed by atoms with Crippen LogP contribution in [0.3, 0.4) is 0 Å². The second kappa shape index (κ2) is 3.28. The second-order valence-electron chi connectivity index (χ2n) is 2.03. The SMILES string of the molecule is C=Cc1cc(Cl)cc(Br)c1O. The molecule has 3 heteroatoms. The van der Waals surface area contributed by atoms with Crippen LogP contribution in [0, 0.1) is 0 Å². The number of phenols is 1. The van der Waals surface area contributed by atoms with Crippen LogP contribution >= 0.6 is 27.5 Å². The van der Waals surface area contributed by atoms with Crippen LogP contribution in [0.1, 0.15) is 5.56 Å². The molecule has 1 N–H and O–H groups in total. The lowest BCUT2D eigenvalue weighted by Crippen LogP contribution is -1.76. The quantitative estimate of drug-likeness (QED) is 0.788. The third-order valence-corrected chi connectivity index (χ3v) is 2.10. The average molecular weight is 233 g/mol. The molecule has 0 amide bonds. The Hall–Kier alpha value is -0.470. The number of rotatable bonds is 1. The van der Waals surface area contributed by atoms with Crippen molar-refractivity contribution in [3.8, 4) is 5.75 Å². The number of hydrogen-bond donors (Lipinski definition) is 1. The summed E-state index contributed by atoms with van der Waals surface area (Å²) in [5, 5.41) is 9.92. The summed E-state index contributed by atoms with van der Waals surface area (Å²) in [6, 6.07) is 3.28. The van der Waals surface area contributed by atoms with Crippen molar-refractivity contribution < 1.29 is 5.11 Å². The molecule has 0 radical (unpaired) electrons. The lowest BCUT2D eigenvalue weighted by Gasteiger charge is -2.01. The maximum atomic E-state index is 9.35. The zero-order valence-electron chi connectivity index (χ0n) is 5.64. The Labute approximate surface area is 78.4 Å². The summed E-state index contributed by atoms with van der Waals surface area (Å²) in [5.41, 5.74) is 0.629. The summed E-state index contributed by atoms with van der Waals surface area (Å²) in [6.07, 6.45) is 1.55. The highest BCUT2D eigenvalue weighted by atomic mass is 79.9. The van der Waals surface area contributed by atoms with E-state index in [2.05, 4.69) is 22.5 Å². The van der Waals surface area contributed by atoms with E-state index in [1.807, 2.05) is 0 Å². The van der Waals surface area contributed by atoms with E-state index in [1.54, 1.807) is 18.2 Å². The standard InChI is InChI=1S/C8H6BrClO/c1-2-5-3-6(10)4-7(9)8(5)11/h2-4,11H,1H2. The molecule has 0 atom stereocenters. The Bertz CT molecular complexity index is 296. The molecule has 11 heavy (non-hydrogen) atoms. The molecule has 0 aliphatic carbocycles. The molecule has 0 aromatic heterocycles. The lowest BCUT2D eigenvalue weighted by atomic mass is 10.2. The Morgan fingerprint density at radius 1 is 1.55 bits per heavy atom. The zero-order chi connectivity index (χ0) is 8.43. The largest absolute Gasteiger partial charge is 0.506 e. The molecule has 0 saturated heterocycles. The molecule has 0 unspecified atom stereocenters. The topological polar surface area (TPSA) is 20.2 Å². The van der Waals surface area contributed by atoms with Crippen molar-refractivity contribution in [3.05, 3.63) is 33.8 Å². The van der Waals surface area contributed by atoms with Gasteiger partial charge in [-0.15, -0.1) is 0 Å². The monoisotopic (exact) mass is 232 g/mol. The van der Waals surface area contributed by atoms with Crippen LogP contribution in [0.2, 0.25) is 5.02 Å². The Kier molecular flexibility index (Phi) is 2.58. The van der Waals surface area contributed by atoms with Gasteiger partial charge in [-0.1, -0.05) is 24.3 Å². The second-order valence-corrected chi connectivity index (χ2v) is 3.32. The molecule has 0 aliphatic rings. The molecular weight excluding hydrogens is 227 g/mol. The summed E-state index contributed by atoms with van der Waals surface area (Å²) < 4.78 is 0.583. The van der Waals surface area contributed by atoms with Gasteiger partial charge in [0.25, 0.3) is 0 Å². The van der Waals surface area contributed by atoms with Crippen LogP contribution in [0.25, 0.3) is 6.08 Å². The van der Waals surface area contributed by atoms with Crippen molar-refractivity contribution in [2.24, 2.45) is 0 Å². The van der Waals surface area contributed by atoms with E-state index >= 15 is 0 Å². The summed E-state index contributed by atoms with van der Waals surface area (Å²) in [5.74, 6) is 0.171. The predicted octanol–water partition coefficient (Wildman–Crippen LogP) is 3.45. The fraction of sp³-hybridized carbons (Fsp3) is 0.